The molecule has 0 atom stereocenters. The first kappa shape index (κ1) is 29.5. The Bertz CT molecular complexity index is 1060. The number of nitrogens with one attached hydrogen (secondary N) is 1. The van der Waals surface area contributed by atoms with Crippen LogP contribution in [0.5, 0.6) is 0 Å². The fourth-order valence-corrected chi connectivity index (χ4v) is 5.60. The molecule has 36 heavy (non-hydrogen) atoms. The summed E-state index contributed by atoms with van der Waals surface area (Å²) in [4.78, 5) is 0. The first-order chi connectivity index (χ1) is 17.0. The normalized spacial score (nSPS) is 21.6. The van der Waals surface area contributed by atoms with Gasteiger partial charge in [-0.3, -0.25) is 0 Å². The van der Waals surface area contributed by atoms with Gasteiger partial charge in [-0.1, -0.05) is 75.7 Å². The molecule has 0 spiro atoms. The van der Waals surface area contributed by atoms with Gasteiger partial charge in [0.25, 0.3) is 0 Å². The first-order valence-electron chi connectivity index (χ1n) is 12.6. The van der Waals surface area contributed by atoms with Crippen LogP contribution in [0.2, 0.25) is 0 Å². The maximum Gasteiger partial charge on any atom is 0.122 e. The van der Waals surface area contributed by atoms with E-state index in [1.807, 2.05) is 12.1 Å². The summed E-state index contributed by atoms with van der Waals surface area (Å²) in [5.74, 6) is 0. The van der Waals surface area contributed by atoms with Crippen molar-refractivity contribution in [2.24, 2.45) is 10.8 Å². The number of halogens is 2. The molecule has 2 aliphatic rings. The fraction of sp³-hybridized carbons (Fsp3) is 0.586. The lowest BCUT2D eigenvalue weighted by Crippen LogP contribution is -2.28. The highest BCUT2D eigenvalue weighted by atomic mass is 35.5. The van der Waals surface area contributed by atoms with Crippen LogP contribution in [-0.4, -0.2) is 6.54 Å². The van der Waals surface area contributed by atoms with E-state index in [1.165, 1.54) is 0 Å². The van der Waals surface area contributed by atoms with E-state index >= 15 is 0 Å². The highest BCUT2D eigenvalue weighted by Crippen LogP contribution is 2.45. The summed E-state index contributed by atoms with van der Waals surface area (Å²) >= 11 is 12.3. The van der Waals surface area contributed by atoms with Crippen molar-refractivity contribution in [1.82, 2.24) is 5.32 Å². The highest BCUT2D eigenvalue weighted by Gasteiger charge is 2.33. The Morgan fingerprint density at radius 3 is 1.78 bits per heavy atom. The van der Waals surface area contributed by atoms with E-state index in [-0.39, 0.29) is 20.9 Å². The molecule has 0 bridgehead atoms. The molecule has 190 valence electrons. The minimum absolute atomic E-state index is 0.00908. The molecule has 0 saturated carbocycles. The summed E-state index contributed by atoms with van der Waals surface area (Å²) in [6.45, 7) is 9.33. The van der Waals surface area contributed by atoms with Gasteiger partial charge in [-0.15, -0.1) is 0 Å². The van der Waals surface area contributed by atoms with Gasteiger partial charge in [0.15, 0.2) is 0 Å². The molecule has 0 aromatic rings. The van der Waals surface area contributed by atoms with Crippen molar-refractivity contribution in [3.8, 4) is 24.3 Å². The lowest BCUT2D eigenvalue weighted by atomic mass is 9.71. The van der Waals surface area contributed by atoms with Gasteiger partial charge in [-0.25, -0.2) is 0 Å². The zero-order valence-corrected chi connectivity index (χ0v) is 23.3. The Hall–Kier alpha value is -2.70. The summed E-state index contributed by atoms with van der Waals surface area (Å²) in [6.07, 6.45) is 8.94. The van der Waals surface area contributed by atoms with Crippen molar-refractivity contribution in [2.75, 3.05) is 6.54 Å². The number of unbranched alkanes of at least 4 members (excludes halogenated alkanes) is 4. The Labute approximate surface area is 226 Å². The lowest BCUT2D eigenvalue weighted by Gasteiger charge is -2.33. The Morgan fingerprint density at radius 1 is 0.722 bits per heavy atom. The number of hydrogen-bond acceptors (Lipinski definition) is 5. The Kier molecular flexibility index (Phi) is 10.7. The SMILES string of the molecule is CC1(C)CC(CCCCCCCNC2=C(C#N)/C(=C(/Cl)C#N)CC(C)(C)C2)=C(C#N)/C(=C(/Cl)C#N)C1. The van der Waals surface area contributed by atoms with E-state index in [0.29, 0.717) is 35.1 Å². The van der Waals surface area contributed by atoms with Crippen LogP contribution in [0, 0.1) is 56.2 Å². The Balaban J connectivity index is 1.87. The van der Waals surface area contributed by atoms with Crippen molar-refractivity contribution in [3.63, 3.8) is 0 Å². The van der Waals surface area contributed by atoms with Crippen LogP contribution in [0.25, 0.3) is 0 Å². The van der Waals surface area contributed by atoms with Crippen molar-refractivity contribution in [2.45, 2.75) is 91.9 Å². The van der Waals surface area contributed by atoms with Gasteiger partial charge < -0.3 is 5.32 Å². The third-order valence-corrected chi connectivity index (χ3v) is 7.49. The molecule has 0 radical (unpaired) electrons. The van der Waals surface area contributed by atoms with Gasteiger partial charge in [0.1, 0.15) is 28.3 Å². The summed E-state index contributed by atoms with van der Waals surface area (Å²) < 4.78 is 0. The van der Waals surface area contributed by atoms with Crippen molar-refractivity contribution < 1.29 is 0 Å². The highest BCUT2D eigenvalue weighted by molar-refractivity contribution is 6.33. The summed E-state index contributed by atoms with van der Waals surface area (Å²) in [7, 11) is 0. The maximum atomic E-state index is 9.72. The molecule has 0 heterocycles. The van der Waals surface area contributed by atoms with Crippen LogP contribution in [0.15, 0.2) is 43.6 Å². The van der Waals surface area contributed by atoms with Crippen molar-refractivity contribution >= 4 is 23.2 Å². The molecule has 0 aliphatic heterocycles. The van der Waals surface area contributed by atoms with E-state index in [4.69, 9.17) is 23.2 Å². The average molecular weight is 525 g/mol. The smallest absolute Gasteiger partial charge is 0.122 e. The Morgan fingerprint density at radius 2 is 1.22 bits per heavy atom. The zero-order valence-electron chi connectivity index (χ0n) is 21.8. The van der Waals surface area contributed by atoms with Gasteiger partial charge in [0.05, 0.1) is 17.2 Å². The van der Waals surface area contributed by atoms with Crippen LogP contribution in [-0.2, 0) is 0 Å². The van der Waals surface area contributed by atoms with E-state index in [2.05, 4.69) is 45.2 Å². The number of nitriles is 4. The minimum Gasteiger partial charge on any atom is -0.387 e. The van der Waals surface area contributed by atoms with E-state index in [1.54, 1.807) is 0 Å². The quantitative estimate of drug-likeness (QED) is 0.242. The maximum absolute atomic E-state index is 9.72. The second kappa shape index (κ2) is 13.0. The molecule has 5 nitrogen and oxygen atoms in total. The van der Waals surface area contributed by atoms with Gasteiger partial charge >= 0.3 is 0 Å². The number of hydrogen-bond donors (Lipinski definition) is 1. The monoisotopic (exact) mass is 523 g/mol. The van der Waals surface area contributed by atoms with Gasteiger partial charge in [0.2, 0.25) is 0 Å². The molecule has 0 aromatic carbocycles. The van der Waals surface area contributed by atoms with Gasteiger partial charge in [0, 0.05) is 17.8 Å². The molecule has 2 aliphatic carbocycles. The lowest BCUT2D eigenvalue weighted by molar-refractivity contribution is 0.338. The van der Waals surface area contributed by atoms with Gasteiger partial charge in [-0.2, -0.15) is 21.0 Å². The van der Waals surface area contributed by atoms with E-state index < -0.39 is 0 Å². The summed E-state index contributed by atoms with van der Waals surface area (Å²) in [6, 6.07) is 8.55. The second-order valence-electron chi connectivity index (χ2n) is 11.3. The van der Waals surface area contributed by atoms with Crippen LogP contribution in [0.3, 0.4) is 0 Å². The van der Waals surface area contributed by atoms with E-state index in [0.717, 1.165) is 69.2 Å². The topological polar surface area (TPSA) is 107 Å². The first-order valence-corrected chi connectivity index (χ1v) is 13.3. The largest absolute Gasteiger partial charge is 0.387 e. The zero-order chi connectivity index (χ0) is 26.9. The molecular formula is C29H35Cl2N5. The molecular weight excluding hydrogens is 489 g/mol. The third-order valence-electron chi connectivity index (χ3n) is 6.86. The average Bonchev–Trinajstić information content (AvgIpc) is 2.82. The summed E-state index contributed by atoms with van der Waals surface area (Å²) in [5, 5.41) is 41.6. The third kappa shape index (κ3) is 7.90. The summed E-state index contributed by atoms with van der Waals surface area (Å²) in [5.41, 5.74) is 4.41. The van der Waals surface area contributed by atoms with E-state index in [9.17, 15) is 21.0 Å². The number of nitrogens with zero attached hydrogens (tertiary/aromatic N) is 4. The van der Waals surface area contributed by atoms with Crippen molar-refractivity contribution in [3.05, 3.63) is 43.6 Å². The fourth-order valence-electron chi connectivity index (χ4n) is 5.28. The number of allylic oxidation sites excluding steroid dienone is 8. The van der Waals surface area contributed by atoms with Gasteiger partial charge in [-0.05, 0) is 61.3 Å². The van der Waals surface area contributed by atoms with Crippen LogP contribution < -0.4 is 5.32 Å². The molecule has 0 aromatic heterocycles. The predicted molar refractivity (Wildman–Crippen MR) is 144 cm³/mol. The van der Waals surface area contributed by atoms with Crippen LogP contribution >= 0.6 is 23.2 Å². The number of rotatable bonds is 9. The standard InChI is InChI=1S/C29H35Cl2N5/c1-28(2)12-20(23(16-32)21(13-28)25(30)18-34)10-8-6-5-7-9-11-36-27-15-29(3,4)14-22(24(27)17-33)26(31)19-35/h36H,5-15H2,1-4H3/b25-21+,26-22+. The molecule has 2 rings (SSSR count). The molecule has 0 saturated heterocycles. The van der Waals surface area contributed by atoms with Crippen molar-refractivity contribution in [1.29, 1.82) is 21.0 Å². The molecule has 0 unspecified atom stereocenters. The molecule has 7 heteroatoms. The molecule has 1 N–H and O–H groups in total. The molecule has 0 fully saturated rings. The predicted octanol–water partition coefficient (Wildman–Crippen LogP) is 8.19. The molecule has 0 amide bonds. The van der Waals surface area contributed by atoms with Crippen LogP contribution in [0.4, 0.5) is 0 Å². The second-order valence-corrected chi connectivity index (χ2v) is 12.1. The minimum atomic E-state index is -0.0633. The van der Waals surface area contributed by atoms with Crippen LogP contribution in [0.1, 0.15) is 91.9 Å².